The van der Waals surface area contributed by atoms with Crippen LogP contribution in [0.3, 0.4) is 0 Å². The number of aliphatic hydroxyl groups is 5. The normalized spacial score (nSPS) is 53.4. The van der Waals surface area contributed by atoms with Gasteiger partial charge in [0.1, 0.15) is 18.3 Å². The number of fused-ring (bicyclic) bond motifs is 7. The van der Waals surface area contributed by atoms with Crippen LogP contribution in [0.1, 0.15) is 86.0 Å². The summed E-state index contributed by atoms with van der Waals surface area (Å²) in [6.45, 7) is 9.29. The number of methoxy groups -OCH3 is 1. The summed E-state index contributed by atoms with van der Waals surface area (Å²) >= 11 is 0. The Hall–Kier alpha value is -1.93. The number of carbonyl (C=O) groups is 3. The highest BCUT2D eigenvalue weighted by atomic mass is 16.7. The molecule has 12 heteroatoms. The van der Waals surface area contributed by atoms with Crippen LogP contribution >= 0.6 is 0 Å². The minimum absolute atomic E-state index is 0.126. The fourth-order valence-electron chi connectivity index (χ4n) is 12.1. The predicted molar refractivity (Wildman–Crippen MR) is 169 cm³/mol. The number of hydrogen-bond acceptors (Lipinski definition) is 11. The Morgan fingerprint density at radius 3 is 2.23 bits per heavy atom. The maximum Gasteiger partial charge on any atom is 0.311 e. The van der Waals surface area contributed by atoms with E-state index >= 15 is 0 Å². The van der Waals surface area contributed by atoms with Crippen LogP contribution in [0.5, 0.6) is 0 Å². The van der Waals surface area contributed by atoms with Crippen molar-refractivity contribution in [2.75, 3.05) is 20.3 Å². The quantitative estimate of drug-likeness (QED) is 0.183. The summed E-state index contributed by atoms with van der Waals surface area (Å²) in [5.74, 6) is -2.76. The highest BCUT2D eigenvalue weighted by Gasteiger charge is 2.73. The molecule has 0 bridgehead atoms. The van der Waals surface area contributed by atoms with Crippen molar-refractivity contribution in [2.45, 2.75) is 123 Å². The molecular weight excluding hydrogens is 624 g/mol. The van der Waals surface area contributed by atoms with Crippen molar-refractivity contribution in [1.82, 2.24) is 0 Å². The number of rotatable bonds is 5. The fraction of sp³-hybridized carbons (Fsp3) is 0.861. The average molecular weight is 679 g/mol. The first-order valence-corrected chi connectivity index (χ1v) is 17.5. The summed E-state index contributed by atoms with van der Waals surface area (Å²) in [5.41, 5.74) is -4.19. The maximum absolute atomic E-state index is 14.7. The summed E-state index contributed by atoms with van der Waals surface area (Å²) in [7, 11) is 1.35. The van der Waals surface area contributed by atoms with E-state index in [4.69, 9.17) is 14.2 Å². The van der Waals surface area contributed by atoms with Gasteiger partial charge in [-0.15, -0.1) is 0 Å². The lowest BCUT2D eigenvalue weighted by Gasteiger charge is -2.71. The minimum Gasteiger partial charge on any atom is -0.481 e. The van der Waals surface area contributed by atoms with Gasteiger partial charge in [0.2, 0.25) is 0 Å². The number of ether oxygens (including phenoxy) is 3. The number of carboxylic acids is 1. The van der Waals surface area contributed by atoms with E-state index < -0.39 is 87.1 Å². The molecule has 5 fully saturated rings. The highest BCUT2D eigenvalue weighted by Crippen LogP contribution is 2.75. The molecule has 6 rings (SSSR count). The van der Waals surface area contributed by atoms with Crippen LogP contribution in [-0.2, 0) is 28.6 Å². The Bertz CT molecular complexity index is 1380. The van der Waals surface area contributed by atoms with Crippen molar-refractivity contribution in [3.05, 3.63) is 11.6 Å². The largest absolute Gasteiger partial charge is 0.481 e. The zero-order valence-electron chi connectivity index (χ0n) is 29.0. The second-order valence-corrected chi connectivity index (χ2v) is 17.3. The first-order valence-electron chi connectivity index (χ1n) is 17.5. The number of esters is 1. The Morgan fingerprint density at radius 2 is 1.60 bits per heavy atom. The molecular formula is C36H54O12. The second kappa shape index (κ2) is 11.5. The SMILES string of the molecule is COC(=O)[C@@]1(C)CC[C@]2(C(=O)O)CC[C@]3(C)C(=CC(=O)C4[C@@]5(C)C[C@H](O)[C@H](O[C@@H]6OC[C@@H](O)[C@H](O)[C@H]6O)[C@@](C)(CO)C5CC[C@]43C)[C@@H]2C1. The van der Waals surface area contributed by atoms with E-state index in [1.165, 1.54) is 7.11 Å². The zero-order valence-corrected chi connectivity index (χ0v) is 29.0. The molecule has 0 aromatic rings. The standard InChI is InChI=1S/C36H54O12/c1-31(30(45)46-6)9-11-36(29(43)44)12-10-34(4)18(19(36)14-31)13-20(38)26-32(2)15-21(39)27(48-28-25(42)24(41)22(40)16-47-28)33(3,17-37)23(32)7-8-35(26,34)5/h13,19,21-28,37,39-42H,7-12,14-17H2,1-6H3,(H,43,44)/t19-,21-,22+,23?,24-,25+,26?,27-,28-,31-,32-,33-,34+,35+,36-/m0/s1. The van der Waals surface area contributed by atoms with Gasteiger partial charge in [-0.25, -0.2) is 0 Å². The van der Waals surface area contributed by atoms with Gasteiger partial charge >= 0.3 is 11.9 Å². The molecule has 12 nitrogen and oxygen atoms in total. The van der Waals surface area contributed by atoms with Crippen LogP contribution in [0, 0.1) is 50.2 Å². The molecule has 1 aliphatic heterocycles. The van der Waals surface area contributed by atoms with E-state index in [0.29, 0.717) is 38.5 Å². The Morgan fingerprint density at radius 1 is 0.938 bits per heavy atom. The Kier molecular flexibility index (Phi) is 8.63. The number of allylic oxidation sites excluding steroid dienone is 2. The van der Waals surface area contributed by atoms with Gasteiger partial charge in [-0.2, -0.15) is 0 Å². The summed E-state index contributed by atoms with van der Waals surface area (Å²) in [6.07, 6.45) is -2.86. The van der Waals surface area contributed by atoms with Gasteiger partial charge in [0.15, 0.2) is 12.1 Å². The molecule has 1 saturated heterocycles. The van der Waals surface area contributed by atoms with Gasteiger partial charge in [0.05, 0.1) is 43.4 Å². The first kappa shape index (κ1) is 35.9. The molecule has 6 aliphatic rings. The van der Waals surface area contributed by atoms with Crippen molar-refractivity contribution in [1.29, 1.82) is 0 Å². The van der Waals surface area contributed by atoms with E-state index in [0.717, 1.165) is 5.57 Å². The molecule has 0 amide bonds. The van der Waals surface area contributed by atoms with Crippen LogP contribution in [-0.4, -0.2) is 105 Å². The van der Waals surface area contributed by atoms with Crippen molar-refractivity contribution in [3.8, 4) is 0 Å². The molecule has 0 spiro atoms. The molecule has 270 valence electrons. The molecule has 5 aliphatic carbocycles. The molecule has 48 heavy (non-hydrogen) atoms. The van der Waals surface area contributed by atoms with E-state index in [2.05, 4.69) is 13.8 Å². The van der Waals surface area contributed by atoms with Gasteiger partial charge in [-0.3, -0.25) is 14.4 Å². The summed E-state index contributed by atoms with van der Waals surface area (Å²) in [4.78, 5) is 40.8. The number of hydrogen-bond donors (Lipinski definition) is 6. The van der Waals surface area contributed by atoms with E-state index in [9.17, 15) is 45.0 Å². The van der Waals surface area contributed by atoms with E-state index in [1.54, 1.807) is 6.08 Å². The summed E-state index contributed by atoms with van der Waals surface area (Å²) in [6, 6.07) is 0. The van der Waals surface area contributed by atoms with Gasteiger partial charge in [-0.1, -0.05) is 33.3 Å². The van der Waals surface area contributed by atoms with Gasteiger partial charge in [0, 0.05) is 11.3 Å². The Balaban J connectivity index is 1.39. The highest BCUT2D eigenvalue weighted by molar-refractivity contribution is 5.96. The lowest BCUT2D eigenvalue weighted by molar-refractivity contribution is -0.326. The first-order chi connectivity index (χ1) is 22.3. The smallest absolute Gasteiger partial charge is 0.311 e. The predicted octanol–water partition coefficient (Wildman–Crippen LogP) is 1.97. The third kappa shape index (κ3) is 4.62. The van der Waals surface area contributed by atoms with Gasteiger partial charge < -0.3 is 44.8 Å². The average Bonchev–Trinajstić information content (AvgIpc) is 3.02. The molecule has 6 N–H and O–H groups in total. The van der Waals surface area contributed by atoms with E-state index in [-0.39, 0.29) is 43.7 Å². The summed E-state index contributed by atoms with van der Waals surface area (Å²) in [5, 5.41) is 64.2. The molecule has 4 saturated carbocycles. The van der Waals surface area contributed by atoms with Crippen LogP contribution in [0.15, 0.2) is 11.6 Å². The van der Waals surface area contributed by atoms with Crippen molar-refractivity contribution in [3.63, 3.8) is 0 Å². The molecule has 15 atom stereocenters. The lowest BCUT2D eigenvalue weighted by atomic mass is 9.33. The number of aliphatic hydroxyl groups excluding tert-OH is 5. The third-order valence-corrected chi connectivity index (χ3v) is 15.0. The fourth-order valence-corrected chi connectivity index (χ4v) is 12.1. The van der Waals surface area contributed by atoms with Crippen molar-refractivity contribution >= 4 is 17.7 Å². The molecule has 0 aromatic carbocycles. The molecule has 0 radical (unpaired) electrons. The lowest BCUT2D eigenvalue weighted by Crippen LogP contribution is -2.70. The van der Waals surface area contributed by atoms with Gasteiger partial charge in [0.25, 0.3) is 0 Å². The van der Waals surface area contributed by atoms with Crippen molar-refractivity contribution < 1.29 is 59.2 Å². The van der Waals surface area contributed by atoms with Crippen LogP contribution in [0.4, 0.5) is 0 Å². The zero-order chi connectivity index (χ0) is 35.4. The topological polar surface area (TPSA) is 200 Å². The molecule has 0 aromatic heterocycles. The summed E-state index contributed by atoms with van der Waals surface area (Å²) < 4.78 is 16.8. The third-order valence-electron chi connectivity index (χ3n) is 15.0. The monoisotopic (exact) mass is 678 g/mol. The molecule has 1 heterocycles. The number of aliphatic carboxylic acids is 1. The van der Waals surface area contributed by atoms with Crippen LogP contribution < -0.4 is 0 Å². The van der Waals surface area contributed by atoms with Crippen LogP contribution in [0.2, 0.25) is 0 Å². The Labute approximate surface area is 281 Å². The van der Waals surface area contributed by atoms with Gasteiger partial charge in [-0.05, 0) is 92.4 Å². The van der Waals surface area contributed by atoms with E-state index in [1.807, 2.05) is 20.8 Å². The maximum atomic E-state index is 14.7. The number of ketones is 1. The number of carbonyl (C=O) groups excluding carboxylic acids is 2. The minimum atomic E-state index is -1.57. The molecule has 2 unspecified atom stereocenters. The van der Waals surface area contributed by atoms with Crippen LogP contribution in [0.25, 0.3) is 0 Å². The second-order valence-electron chi connectivity index (χ2n) is 17.3. The van der Waals surface area contributed by atoms with Crippen molar-refractivity contribution in [2.24, 2.45) is 50.2 Å². The number of carboxylic acid groups (broad SMARTS) is 1.